The SMILES string of the molecule is O=C(NC1CCC(F)(F)CC1)C(c1cccnc1)N(C(=O)[C@H]1CC(F)(F)CN1)c1ccc(S(F)(F)(F)(F)F)cc1. The van der Waals surface area contributed by atoms with Crippen LogP contribution in [0.3, 0.4) is 0 Å². The van der Waals surface area contributed by atoms with E-state index in [9.17, 15) is 46.6 Å². The molecule has 1 aromatic heterocycles. The molecule has 1 unspecified atom stereocenters. The molecule has 40 heavy (non-hydrogen) atoms. The molecule has 2 fully saturated rings. The number of alkyl halides is 4. The van der Waals surface area contributed by atoms with Crippen LogP contribution < -0.4 is 15.5 Å². The molecule has 6 nitrogen and oxygen atoms in total. The molecule has 1 aliphatic carbocycles. The fourth-order valence-electron chi connectivity index (χ4n) is 4.75. The van der Waals surface area contributed by atoms with E-state index in [2.05, 4.69) is 15.6 Å². The number of amides is 2. The fourth-order valence-corrected chi connectivity index (χ4v) is 5.40. The number of hydrogen-bond donors (Lipinski definition) is 2. The van der Waals surface area contributed by atoms with Crippen molar-refractivity contribution in [2.75, 3.05) is 11.4 Å². The summed E-state index contributed by atoms with van der Waals surface area (Å²) in [5.41, 5.74) is -0.456. The maximum Gasteiger partial charge on any atom is 0.310 e. The molecule has 0 spiro atoms. The molecule has 16 heteroatoms. The van der Waals surface area contributed by atoms with Gasteiger partial charge in [-0.1, -0.05) is 25.5 Å². The summed E-state index contributed by atoms with van der Waals surface area (Å²) in [5, 5.41) is 4.87. The molecule has 1 aliphatic heterocycles. The first-order chi connectivity index (χ1) is 18.2. The van der Waals surface area contributed by atoms with Crippen molar-refractivity contribution in [3.8, 4) is 0 Å². The van der Waals surface area contributed by atoms with Gasteiger partial charge in [0, 0.05) is 48.9 Å². The van der Waals surface area contributed by atoms with E-state index in [1.807, 2.05) is 0 Å². The summed E-state index contributed by atoms with van der Waals surface area (Å²) in [4.78, 5) is 29.4. The number of rotatable bonds is 7. The van der Waals surface area contributed by atoms with E-state index in [-0.39, 0.29) is 30.5 Å². The van der Waals surface area contributed by atoms with Crippen LogP contribution in [0.4, 0.5) is 42.7 Å². The first-order valence-electron chi connectivity index (χ1n) is 12.1. The predicted octanol–water partition coefficient (Wildman–Crippen LogP) is 6.50. The third kappa shape index (κ3) is 7.00. The number of nitrogens with one attached hydrogen (secondary N) is 2. The van der Waals surface area contributed by atoms with Gasteiger partial charge in [0.05, 0.1) is 12.6 Å². The third-order valence-electron chi connectivity index (χ3n) is 6.78. The van der Waals surface area contributed by atoms with E-state index in [0.29, 0.717) is 17.0 Å². The van der Waals surface area contributed by atoms with E-state index in [1.165, 1.54) is 18.3 Å². The summed E-state index contributed by atoms with van der Waals surface area (Å²) >= 11 is 0. The Hall–Kier alpha value is -3.01. The highest BCUT2D eigenvalue weighted by Crippen LogP contribution is 3.02. The molecule has 2 aromatic rings. The first kappa shape index (κ1) is 30.0. The van der Waals surface area contributed by atoms with E-state index in [1.54, 1.807) is 0 Å². The van der Waals surface area contributed by atoms with Gasteiger partial charge in [-0.25, -0.2) is 17.6 Å². The van der Waals surface area contributed by atoms with Crippen LogP contribution in [0.25, 0.3) is 0 Å². The van der Waals surface area contributed by atoms with Crippen molar-refractivity contribution in [1.82, 2.24) is 15.6 Å². The molecular weight excluding hydrogens is 579 g/mol. The Balaban J connectivity index is 1.76. The molecule has 0 bridgehead atoms. The molecular formula is C24H25F9N4O2S. The van der Waals surface area contributed by atoms with E-state index >= 15 is 0 Å². The Kier molecular flexibility index (Phi) is 7.14. The molecule has 2 aliphatic rings. The Morgan fingerprint density at radius 2 is 1.60 bits per heavy atom. The Morgan fingerprint density at radius 3 is 2.10 bits per heavy atom. The summed E-state index contributed by atoms with van der Waals surface area (Å²) < 4.78 is 122. The number of nitrogens with zero attached hydrogens (tertiary/aromatic N) is 2. The van der Waals surface area contributed by atoms with Gasteiger partial charge in [-0.2, -0.15) is 0 Å². The average molecular weight is 605 g/mol. The highest BCUT2D eigenvalue weighted by Gasteiger charge is 2.65. The third-order valence-corrected chi connectivity index (χ3v) is 7.94. The second-order valence-electron chi connectivity index (χ2n) is 9.99. The average Bonchev–Trinajstić information content (AvgIpc) is 3.22. The summed E-state index contributed by atoms with van der Waals surface area (Å²) in [6.07, 6.45) is 0.216. The summed E-state index contributed by atoms with van der Waals surface area (Å²) in [5.74, 6) is -8.32. The van der Waals surface area contributed by atoms with Gasteiger partial charge in [0.2, 0.25) is 17.7 Å². The zero-order valence-corrected chi connectivity index (χ0v) is 21.4. The maximum absolute atomic E-state index is 14.0. The van der Waals surface area contributed by atoms with Crippen molar-refractivity contribution in [2.24, 2.45) is 0 Å². The Bertz CT molecular complexity index is 1250. The van der Waals surface area contributed by atoms with E-state index < -0.39 is 88.4 Å². The molecule has 2 amide bonds. The number of aromatic nitrogens is 1. The van der Waals surface area contributed by atoms with Crippen LogP contribution in [0.1, 0.15) is 43.7 Å². The minimum atomic E-state index is -10.1. The number of pyridine rings is 1. The zero-order valence-electron chi connectivity index (χ0n) is 20.6. The van der Waals surface area contributed by atoms with Crippen molar-refractivity contribution in [2.45, 2.75) is 67.0 Å². The molecule has 4 rings (SSSR count). The van der Waals surface area contributed by atoms with Gasteiger partial charge in [0.25, 0.3) is 5.92 Å². The Labute approximate surface area is 223 Å². The molecule has 1 saturated heterocycles. The number of benzene rings is 1. The van der Waals surface area contributed by atoms with Crippen molar-refractivity contribution < 1.29 is 46.6 Å². The lowest BCUT2D eigenvalue weighted by Gasteiger charge is -2.41. The largest absolute Gasteiger partial charge is 0.351 e. The second-order valence-corrected chi connectivity index (χ2v) is 12.4. The molecule has 1 aromatic carbocycles. The van der Waals surface area contributed by atoms with E-state index in [0.717, 1.165) is 6.20 Å². The van der Waals surface area contributed by atoms with Gasteiger partial charge < -0.3 is 5.32 Å². The number of halogens is 9. The summed E-state index contributed by atoms with van der Waals surface area (Å²) in [6.45, 7) is -0.888. The monoisotopic (exact) mass is 604 g/mol. The second kappa shape index (κ2) is 9.53. The quantitative estimate of drug-likeness (QED) is 0.354. The van der Waals surface area contributed by atoms with Crippen molar-refractivity contribution in [3.05, 3.63) is 54.4 Å². The maximum atomic E-state index is 14.0. The van der Waals surface area contributed by atoms with Crippen LogP contribution in [-0.2, 0) is 9.59 Å². The van der Waals surface area contributed by atoms with Gasteiger partial charge in [-0.3, -0.25) is 24.8 Å². The Morgan fingerprint density at radius 1 is 0.975 bits per heavy atom. The van der Waals surface area contributed by atoms with Crippen LogP contribution >= 0.6 is 10.2 Å². The zero-order chi connectivity index (χ0) is 29.6. The van der Waals surface area contributed by atoms with Crippen LogP contribution in [-0.4, -0.2) is 47.3 Å². The number of carbonyl (C=O) groups excluding carboxylic acids is 2. The topological polar surface area (TPSA) is 74.3 Å². The summed E-state index contributed by atoms with van der Waals surface area (Å²) in [7, 11) is -10.1. The fraction of sp³-hybridized carbons (Fsp3) is 0.458. The number of carbonyl (C=O) groups is 2. The van der Waals surface area contributed by atoms with Crippen LogP contribution in [0.5, 0.6) is 0 Å². The van der Waals surface area contributed by atoms with Crippen LogP contribution in [0.2, 0.25) is 0 Å². The smallest absolute Gasteiger partial charge is 0.310 e. The standard InChI is InChI=1S/C24H25F9N4O2S/c25-23(26)9-7-16(8-10-23)36-21(38)20(15-2-1-11-34-13-15)37(22(39)19-12-24(27,28)14-35-19)17-3-5-18(6-4-17)40(29,30,31,32)33/h1-6,11,13,16,19-20,35H,7-10,12,14H2,(H,36,38)/t19-,20?/m1/s1. The van der Waals surface area contributed by atoms with Crippen molar-refractivity contribution in [1.29, 1.82) is 0 Å². The van der Waals surface area contributed by atoms with Crippen LogP contribution in [0.15, 0.2) is 53.7 Å². The molecule has 2 atom stereocenters. The molecule has 222 valence electrons. The number of hydrogen-bond acceptors (Lipinski definition) is 4. The normalized spacial score (nSPS) is 23.5. The lowest BCUT2D eigenvalue weighted by molar-refractivity contribution is -0.128. The predicted molar refractivity (Wildman–Crippen MR) is 129 cm³/mol. The lowest BCUT2D eigenvalue weighted by Crippen LogP contribution is -2.52. The highest BCUT2D eigenvalue weighted by atomic mass is 32.5. The molecule has 2 N–H and O–H groups in total. The first-order valence-corrected chi connectivity index (χ1v) is 14.1. The molecule has 1 saturated carbocycles. The molecule has 2 heterocycles. The van der Waals surface area contributed by atoms with Crippen LogP contribution in [0, 0.1) is 0 Å². The minimum absolute atomic E-state index is 0.0102. The molecule has 0 radical (unpaired) electrons. The lowest BCUT2D eigenvalue weighted by atomic mass is 9.91. The van der Waals surface area contributed by atoms with Crippen molar-refractivity contribution in [3.63, 3.8) is 0 Å². The van der Waals surface area contributed by atoms with Gasteiger partial charge in [-0.05, 0) is 43.2 Å². The highest BCUT2D eigenvalue weighted by molar-refractivity contribution is 8.45. The van der Waals surface area contributed by atoms with Gasteiger partial charge in [0.15, 0.2) is 0 Å². The van der Waals surface area contributed by atoms with E-state index in [4.69, 9.17) is 0 Å². The van der Waals surface area contributed by atoms with Gasteiger partial charge >= 0.3 is 10.2 Å². The van der Waals surface area contributed by atoms with Gasteiger partial charge in [0.1, 0.15) is 10.9 Å². The van der Waals surface area contributed by atoms with Crippen molar-refractivity contribution >= 4 is 27.7 Å². The minimum Gasteiger partial charge on any atom is -0.351 e. The van der Waals surface area contributed by atoms with Gasteiger partial charge in [-0.15, -0.1) is 0 Å². The number of anilines is 1. The summed E-state index contributed by atoms with van der Waals surface area (Å²) in [6, 6.07) is -0.175.